The molecule has 0 aromatic rings. The summed E-state index contributed by atoms with van der Waals surface area (Å²) < 4.78 is 67.9. The SMILES string of the molecule is CCCCCC/C=C\C=C/CCCCCCCC(=O)O[C@H](COC(=O)CCCCCCCCC(C)C)COP(=O)(O)OC[C@H](O)COP(=O)(O)OC[C@@H](COC(=O)CCCCCCCCCCC(C)C)OC(=O)CCCCCCCCC(C)C. The van der Waals surface area contributed by atoms with E-state index in [0.29, 0.717) is 37.5 Å². The van der Waals surface area contributed by atoms with Gasteiger partial charge in [-0.15, -0.1) is 0 Å². The van der Waals surface area contributed by atoms with Crippen LogP contribution in [0, 0.1) is 17.8 Å². The van der Waals surface area contributed by atoms with Gasteiger partial charge in [0.2, 0.25) is 0 Å². The second kappa shape index (κ2) is 55.8. The molecule has 0 aliphatic carbocycles. The molecule has 19 heteroatoms. The number of esters is 4. The zero-order valence-electron chi connectivity index (χ0n) is 53.8. The van der Waals surface area contributed by atoms with Crippen LogP contribution in [0.2, 0.25) is 0 Å². The highest BCUT2D eigenvalue weighted by molar-refractivity contribution is 7.47. The van der Waals surface area contributed by atoms with Crippen LogP contribution in [0.4, 0.5) is 0 Å². The van der Waals surface area contributed by atoms with Crippen molar-refractivity contribution in [1.82, 2.24) is 0 Å². The van der Waals surface area contributed by atoms with E-state index in [4.69, 9.17) is 37.0 Å². The first-order valence-corrected chi connectivity index (χ1v) is 36.2. The number of ether oxygens (including phenoxy) is 4. The van der Waals surface area contributed by atoms with Gasteiger partial charge in [0.25, 0.3) is 0 Å². The molecule has 3 N–H and O–H groups in total. The van der Waals surface area contributed by atoms with Crippen molar-refractivity contribution in [3.8, 4) is 0 Å². The summed E-state index contributed by atoms with van der Waals surface area (Å²) in [5.74, 6) is -0.104. The van der Waals surface area contributed by atoms with Crippen molar-refractivity contribution in [2.45, 2.75) is 311 Å². The molecule has 0 fully saturated rings. The molecule has 0 radical (unpaired) electrons. The molecule has 0 saturated carbocycles. The summed E-state index contributed by atoms with van der Waals surface area (Å²) in [5, 5.41) is 10.5. The Morgan fingerprint density at radius 2 is 0.643 bits per heavy atom. The summed E-state index contributed by atoms with van der Waals surface area (Å²) in [6.07, 6.45) is 40.2. The lowest BCUT2D eigenvalue weighted by Crippen LogP contribution is -2.30. The number of aliphatic hydroxyl groups excluding tert-OH is 1. The Hall–Kier alpha value is -2.46. The number of phosphoric ester groups is 2. The van der Waals surface area contributed by atoms with Crippen molar-refractivity contribution < 1.29 is 80.2 Å². The first-order valence-electron chi connectivity index (χ1n) is 33.2. The number of unbranched alkanes of at least 4 members (excludes halogenated alkanes) is 26. The van der Waals surface area contributed by atoms with Crippen molar-refractivity contribution in [2.75, 3.05) is 39.6 Å². The zero-order chi connectivity index (χ0) is 62.4. The number of rotatable bonds is 61. The fourth-order valence-electron chi connectivity index (χ4n) is 9.12. The quantitative estimate of drug-likeness (QED) is 0.0169. The van der Waals surface area contributed by atoms with E-state index < -0.39 is 97.5 Å². The van der Waals surface area contributed by atoms with Crippen LogP contribution in [0.25, 0.3) is 0 Å². The van der Waals surface area contributed by atoms with Gasteiger partial charge >= 0.3 is 39.5 Å². The largest absolute Gasteiger partial charge is 0.472 e. The number of phosphoric acid groups is 2. The lowest BCUT2D eigenvalue weighted by atomic mass is 10.0. The van der Waals surface area contributed by atoms with Crippen molar-refractivity contribution in [2.24, 2.45) is 17.8 Å². The van der Waals surface area contributed by atoms with E-state index in [9.17, 15) is 43.2 Å². The molecule has 0 heterocycles. The third-order valence-electron chi connectivity index (χ3n) is 14.3. The number of carbonyl (C=O) groups is 4. The van der Waals surface area contributed by atoms with Crippen LogP contribution in [-0.4, -0.2) is 96.7 Å². The maximum Gasteiger partial charge on any atom is 0.472 e. The van der Waals surface area contributed by atoms with Gasteiger partial charge in [0, 0.05) is 25.7 Å². The van der Waals surface area contributed by atoms with Gasteiger partial charge in [-0.25, -0.2) is 9.13 Å². The lowest BCUT2D eigenvalue weighted by Gasteiger charge is -2.21. The van der Waals surface area contributed by atoms with Crippen molar-refractivity contribution in [1.29, 1.82) is 0 Å². The molecule has 0 rings (SSSR count). The summed E-state index contributed by atoms with van der Waals surface area (Å²) >= 11 is 0. The normalized spacial score (nSPS) is 14.5. The average molecular weight is 1240 g/mol. The Morgan fingerprint density at radius 1 is 0.369 bits per heavy atom. The monoisotopic (exact) mass is 1240 g/mol. The standard InChI is InChI=1S/C65H122O17P2/c1-8-9-10-11-12-13-14-15-16-17-18-19-24-34-41-48-64(69)81-60(53-76-63(68)47-40-33-27-25-30-37-44-57(4)5)54-79-83(71,72)77-50-59(66)51-78-84(73,74)80-55-61(82-65(70)49-42-35-28-26-31-38-45-58(6)7)52-75-62(67)46-39-32-23-21-20-22-29-36-43-56(2)3/h13-16,56-61,66H,8-12,17-55H2,1-7H3,(H,71,72)(H,73,74)/b14-13-,16-15-/t59-,60+,61+/m0/s1. The highest BCUT2D eigenvalue weighted by Crippen LogP contribution is 2.45. The van der Waals surface area contributed by atoms with Crippen LogP contribution in [0.1, 0.15) is 292 Å². The van der Waals surface area contributed by atoms with E-state index in [1.807, 2.05) is 0 Å². The Kier molecular flexibility index (Phi) is 54.2. The smallest absolute Gasteiger partial charge is 0.462 e. The number of carbonyl (C=O) groups excluding carboxylic acids is 4. The summed E-state index contributed by atoms with van der Waals surface area (Å²) in [4.78, 5) is 72.2. The van der Waals surface area contributed by atoms with Crippen LogP contribution in [0.5, 0.6) is 0 Å². The minimum atomic E-state index is -4.95. The molecule has 0 aliphatic rings. The molecule has 0 aromatic carbocycles. The van der Waals surface area contributed by atoms with E-state index in [1.54, 1.807) is 0 Å². The molecule has 84 heavy (non-hydrogen) atoms. The maximum absolute atomic E-state index is 13.0. The van der Waals surface area contributed by atoms with Crippen molar-refractivity contribution in [3.63, 3.8) is 0 Å². The summed E-state index contributed by atoms with van der Waals surface area (Å²) in [6, 6.07) is 0. The summed E-state index contributed by atoms with van der Waals surface area (Å²) in [5.41, 5.74) is 0. The molecule has 5 atom stereocenters. The fraction of sp³-hybridized carbons (Fsp3) is 0.877. The van der Waals surface area contributed by atoms with Crippen molar-refractivity contribution in [3.05, 3.63) is 24.3 Å². The van der Waals surface area contributed by atoms with Gasteiger partial charge in [-0.05, 0) is 69.1 Å². The summed E-state index contributed by atoms with van der Waals surface area (Å²) in [6.45, 7) is 11.5. The Morgan fingerprint density at radius 3 is 0.964 bits per heavy atom. The lowest BCUT2D eigenvalue weighted by molar-refractivity contribution is -0.161. The molecule has 0 spiro atoms. The van der Waals surface area contributed by atoms with E-state index in [0.717, 1.165) is 115 Å². The number of allylic oxidation sites excluding steroid dienone is 4. The molecule has 17 nitrogen and oxygen atoms in total. The average Bonchev–Trinajstić information content (AvgIpc) is 3.48. The Labute approximate surface area is 510 Å². The van der Waals surface area contributed by atoms with Gasteiger partial charge in [0.1, 0.15) is 19.3 Å². The van der Waals surface area contributed by atoms with Gasteiger partial charge in [0.05, 0.1) is 26.4 Å². The molecule has 494 valence electrons. The van der Waals surface area contributed by atoms with Crippen LogP contribution in [0.3, 0.4) is 0 Å². The molecular weight excluding hydrogens is 1110 g/mol. The van der Waals surface area contributed by atoms with E-state index in [1.165, 1.54) is 83.5 Å². The molecule has 0 aromatic heterocycles. The van der Waals surface area contributed by atoms with Gasteiger partial charge in [-0.1, -0.05) is 240 Å². The second-order valence-corrected chi connectivity index (χ2v) is 27.2. The van der Waals surface area contributed by atoms with Gasteiger partial charge < -0.3 is 33.8 Å². The predicted molar refractivity (Wildman–Crippen MR) is 335 cm³/mol. The maximum atomic E-state index is 13.0. The number of aliphatic hydroxyl groups is 1. The highest BCUT2D eigenvalue weighted by Gasteiger charge is 2.30. The fourth-order valence-corrected chi connectivity index (χ4v) is 10.7. The molecule has 0 bridgehead atoms. The van der Waals surface area contributed by atoms with Gasteiger partial charge in [-0.2, -0.15) is 0 Å². The third kappa shape index (κ3) is 58.6. The van der Waals surface area contributed by atoms with Crippen LogP contribution in [0.15, 0.2) is 24.3 Å². The predicted octanol–water partition coefficient (Wildman–Crippen LogP) is 17.4. The first kappa shape index (κ1) is 81.5. The summed E-state index contributed by atoms with van der Waals surface area (Å²) in [7, 11) is -9.90. The number of hydrogen-bond donors (Lipinski definition) is 3. The van der Waals surface area contributed by atoms with Crippen LogP contribution >= 0.6 is 15.6 Å². The second-order valence-electron chi connectivity index (χ2n) is 24.2. The van der Waals surface area contributed by atoms with Crippen LogP contribution in [-0.2, 0) is 65.4 Å². The highest BCUT2D eigenvalue weighted by atomic mass is 31.2. The molecule has 0 aliphatic heterocycles. The Balaban J connectivity index is 5.26. The minimum Gasteiger partial charge on any atom is -0.462 e. The molecular formula is C65H122O17P2. The first-order chi connectivity index (χ1) is 40.2. The van der Waals surface area contributed by atoms with E-state index >= 15 is 0 Å². The minimum absolute atomic E-state index is 0.0831. The zero-order valence-corrected chi connectivity index (χ0v) is 55.6. The molecule has 0 saturated heterocycles. The third-order valence-corrected chi connectivity index (χ3v) is 16.2. The number of hydrogen-bond acceptors (Lipinski definition) is 15. The van der Waals surface area contributed by atoms with Gasteiger partial charge in [-0.3, -0.25) is 37.3 Å². The topological polar surface area (TPSA) is 237 Å². The van der Waals surface area contributed by atoms with Crippen molar-refractivity contribution >= 4 is 39.5 Å². The van der Waals surface area contributed by atoms with E-state index in [2.05, 4.69) is 72.8 Å². The molecule has 0 amide bonds. The van der Waals surface area contributed by atoms with Crippen LogP contribution < -0.4 is 0 Å². The van der Waals surface area contributed by atoms with Gasteiger partial charge in [0.15, 0.2) is 12.2 Å². The van der Waals surface area contributed by atoms with E-state index in [-0.39, 0.29) is 25.7 Å². The Bertz CT molecular complexity index is 1760. The molecule has 2 unspecified atom stereocenters.